The molecule has 7 nitrogen and oxygen atoms in total. The highest BCUT2D eigenvalue weighted by atomic mass is 16.5. The van der Waals surface area contributed by atoms with E-state index in [-0.39, 0.29) is 18.3 Å². The standard InChI is InChI=1S/C21H21N5O2/c1-28-18-9-5-2-6-14(18)12-20(27)24-21-23-19(25-26-21)11-10-15-13-22-17-8-4-3-7-16(15)17/h2-9,13,22H,10-12H2,1H3,(H2,23,24,25,26,27). The van der Waals surface area contributed by atoms with Gasteiger partial charge >= 0.3 is 0 Å². The van der Waals surface area contributed by atoms with Crippen LogP contribution in [0.3, 0.4) is 0 Å². The molecule has 0 radical (unpaired) electrons. The second-order valence-corrected chi connectivity index (χ2v) is 6.50. The number of nitrogens with zero attached hydrogens (tertiary/aromatic N) is 2. The van der Waals surface area contributed by atoms with Gasteiger partial charge in [0.1, 0.15) is 11.6 Å². The summed E-state index contributed by atoms with van der Waals surface area (Å²) in [5.74, 6) is 1.52. The SMILES string of the molecule is COc1ccccc1CC(=O)Nc1n[nH]c(CCc2c[nH]c3ccccc23)n1. The predicted octanol–water partition coefficient (Wildman–Crippen LogP) is 3.26. The zero-order chi connectivity index (χ0) is 19.3. The summed E-state index contributed by atoms with van der Waals surface area (Å²) in [6, 6.07) is 15.6. The molecule has 142 valence electrons. The Morgan fingerprint density at radius 3 is 2.79 bits per heavy atom. The Kier molecular flexibility index (Phi) is 5.05. The molecule has 0 bridgehead atoms. The third-order valence-electron chi connectivity index (χ3n) is 4.63. The van der Waals surface area contributed by atoms with Crippen LogP contribution >= 0.6 is 0 Å². The van der Waals surface area contributed by atoms with Crippen molar-refractivity contribution in [2.24, 2.45) is 0 Å². The van der Waals surface area contributed by atoms with Crippen LogP contribution in [0.25, 0.3) is 10.9 Å². The number of para-hydroxylation sites is 2. The normalized spacial score (nSPS) is 10.9. The van der Waals surface area contributed by atoms with Crippen LogP contribution < -0.4 is 10.1 Å². The number of aromatic amines is 2. The summed E-state index contributed by atoms with van der Waals surface area (Å²) in [6.07, 6.45) is 3.76. The van der Waals surface area contributed by atoms with Crippen molar-refractivity contribution in [3.8, 4) is 5.75 Å². The van der Waals surface area contributed by atoms with E-state index in [9.17, 15) is 4.79 Å². The van der Waals surface area contributed by atoms with Gasteiger partial charge in [0.25, 0.3) is 0 Å². The van der Waals surface area contributed by atoms with Crippen LogP contribution in [0.4, 0.5) is 5.95 Å². The number of methoxy groups -OCH3 is 1. The minimum Gasteiger partial charge on any atom is -0.496 e. The molecule has 4 rings (SSSR count). The van der Waals surface area contributed by atoms with Crippen molar-refractivity contribution in [3.63, 3.8) is 0 Å². The molecule has 1 amide bonds. The minimum absolute atomic E-state index is 0.188. The van der Waals surface area contributed by atoms with Gasteiger partial charge in [-0.25, -0.2) is 0 Å². The number of benzene rings is 2. The average molecular weight is 375 g/mol. The molecule has 0 unspecified atom stereocenters. The maximum absolute atomic E-state index is 12.3. The highest BCUT2D eigenvalue weighted by molar-refractivity contribution is 5.91. The van der Waals surface area contributed by atoms with E-state index >= 15 is 0 Å². The fourth-order valence-electron chi connectivity index (χ4n) is 3.25. The molecule has 2 heterocycles. The van der Waals surface area contributed by atoms with Crippen LogP contribution in [0.5, 0.6) is 5.75 Å². The number of fused-ring (bicyclic) bond motifs is 1. The lowest BCUT2D eigenvalue weighted by atomic mass is 10.1. The predicted molar refractivity (Wildman–Crippen MR) is 107 cm³/mol. The van der Waals surface area contributed by atoms with E-state index in [1.807, 2.05) is 42.6 Å². The van der Waals surface area contributed by atoms with E-state index < -0.39 is 0 Å². The average Bonchev–Trinajstić information content (AvgIpc) is 3.33. The molecule has 4 aromatic rings. The first kappa shape index (κ1) is 17.8. The number of ether oxygens (including phenoxy) is 1. The van der Waals surface area contributed by atoms with Crippen LogP contribution in [0, 0.1) is 0 Å². The van der Waals surface area contributed by atoms with Gasteiger partial charge in [0.05, 0.1) is 13.5 Å². The Bertz CT molecular complexity index is 1100. The number of rotatable bonds is 7. The summed E-state index contributed by atoms with van der Waals surface area (Å²) < 4.78 is 5.28. The zero-order valence-corrected chi connectivity index (χ0v) is 15.5. The Morgan fingerprint density at radius 2 is 1.89 bits per heavy atom. The van der Waals surface area contributed by atoms with E-state index in [4.69, 9.17) is 4.74 Å². The third kappa shape index (κ3) is 3.88. The number of hydrogen-bond acceptors (Lipinski definition) is 4. The number of amides is 1. The van der Waals surface area contributed by atoms with E-state index in [1.54, 1.807) is 7.11 Å². The summed E-state index contributed by atoms with van der Waals surface area (Å²) in [6.45, 7) is 0. The fraction of sp³-hybridized carbons (Fsp3) is 0.190. The van der Waals surface area contributed by atoms with Crippen molar-refractivity contribution >= 4 is 22.8 Å². The number of carbonyl (C=O) groups excluding carboxylic acids is 1. The molecule has 0 spiro atoms. The quantitative estimate of drug-likeness (QED) is 0.462. The van der Waals surface area contributed by atoms with Crippen LogP contribution in [0.2, 0.25) is 0 Å². The van der Waals surface area contributed by atoms with E-state index in [1.165, 1.54) is 10.9 Å². The Balaban J connectivity index is 1.36. The van der Waals surface area contributed by atoms with Crippen molar-refractivity contribution in [2.75, 3.05) is 12.4 Å². The molecule has 0 atom stereocenters. The van der Waals surface area contributed by atoms with Crippen LogP contribution in [-0.4, -0.2) is 33.2 Å². The van der Waals surface area contributed by atoms with Crippen molar-refractivity contribution in [1.82, 2.24) is 20.2 Å². The Hall–Kier alpha value is -3.61. The summed E-state index contributed by atoms with van der Waals surface area (Å²) in [5.41, 5.74) is 3.17. The van der Waals surface area contributed by atoms with Gasteiger partial charge in [-0.05, 0) is 24.1 Å². The first-order valence-electron chi connectivity index (χ1n) is 9.11. The van der Waals surface area contributed by atoms with Gasteiger partial charge in [0.15, 0.2) is 0 Å². The molecule has 3 N–H and O–H groups in total. The van der Waals surface area contributed by atoms with E-state index in [2.05, 4.69) is 37.6 Å². The monoisotopic (exact) mass is 375 g/mol. The van der Waals surface area contributed by atoms with Crippen LogP contribution in [0.15, 0.2) is 54.7 Å². The van der Waals surface area contributed by atoms with E-state index in [0.717, 1.165) is 23.3 Å². The minimum atomic E-state index is -0.188. The van der Waals surface area contributed by atoms with Crippen molar-refractivity contribution in [3.05, 3.63) is 71.7 Å². The molecule has 7 heteroatoms. The molecule has 2 aromatic heterocycles. The largest absolute Gasteiger partial charge is 0.496 e. The maximum atomic E-state index is 12.3. The number of carbonyl (C=O) groups is 1. The molecule has 0 saturated heterocycles. The molecule has 0 aliphatic carbocycles. The van der Waals surface area contributed by atoms with Crippen LogP contribution in [0.1, 0.15) is 17.0 Å². The van der Waals surface area contributed by atoms with Crippen molar-refractivity contribution in [2.45, 2.75) is 19.3 Å². The van der Waals surface area contributed by atoms with Crippen molar-refractivity contribution in [1.29, 1.82) is 0 Å². The highest BCUT2D eigenvalue weighted by Crippen LogP contribution is 2.20. The number of nitrogens with one attached hydrogen (secondary N) is 3. The third-order valence-corrected chi connectivity index (χ3v) is 4.63. The zero-order valence-electron chi connectivity index (χ0n) is 15.5. The van der Waals surface area contributed by atoms with Gasteiger partial charge in [0.2, 0.25) is 11.9 Å². The van der Waals surface area contributed by atoms with Gasteiger partial charge in [-0.1, -0.05) is 36.4 Å². The lowest BCUT2D eigenvalue weighted by Gasteiger charge is -2.07. The Morgan fingerprint density at radius 1 is 1.07 bits per heavy atom. The molecule has 28 heavy (non-hydrogen) atoms. The molecule has 0 aliphatic heterocycles. The number of anilines is 1. The number of H-pyrrole nitrogens is 2. The lowest BCUT2D eigenvalue weighted by Crippen LogP contribution is -2.15. The smallest absolute Gasteiger partial charge is 0.248 e. The lowest BCUT2D eigenvalue weighted by molar-refractivity contribution is -0.115. The topological polar surface area (TPSA) is 95.7 Å². The van der Waals surface area contributed by atoms with Crippen molar-refractivity contribution < 1.29 is 9.53 Å². The number of aryl methyl sites for hydroxylation is 2. The molecular weight excluding hydrogens is 354 g/mol. The number of hydrogen-bond donors (Lipinski definition) is 3. The first-order chi connectivity index (χ1) is 13.7. The summed E-state index contributed by atoms with van der Waals surface area (Å²) >= 11 is 0. The van der Waals surface area contributed by atoms with Gasteiger partial charge < -0.3 is 9.72 Å². The second-order valence-electron chi connectivity index (χ2n) is 6.50. The van der Waals surface area contributed by atoms with Crippen LogP contribution in [-0.2, 0) is 24.1 Å². The molecule has 0 saturated carbocycles. The van der Waals surface area contributed by atoms with Gasteiger partial charge in [0, 0.05) is 29.1 Å². The first-order valence-corrected chi connectivity index (χ1v) is 9.11. The second kappa shape index (κ2) is 7.96. The maximum Gasteiger partial charge on any atom is 0.248 e. The van der Waals surface area contributed by atoms with E-state index in [0.29, 0.717) is 12.2 Å². The molecule has 0 fully saturated rings. The van der Waals surface area contributed by atoms with Gasteiger partial charge in [-0.15, -0.1) is 5.10 Å². The highest BCUT2D eigenvalue weighted by Gasteiger charge is 2.12. The summed E-state index contributed by atoms with van der Waals surface area (Å²) in [4.78, 5) is 19.9. The van der Waals surface area contributed by atoms with Gasteiger partial charge in [-0.3, -0.25) is 15.2 Å². The Labute approximate surface area is 162 Å². The fourth-order valence-corrected chi connectivity index (χ4v) is 3.25. The summed E-state index contributed by atoms with van der Waals surface area (Å²) in [7, 11) is 1.59. The molecule has 0 aliphatic rings. The summed E-state index contributed by atoms with van der Waals surface area (Å²) in [5, 5.41) is 10.9. The molecule has 2 aromatic carbocycles. The van der Waals surface area contributed by atoms with Gasteiger partial charge in [-0.2, -0.15) is 4.98 Å². The molecular formula is C21H21N5O2. The number of aromatic nitrogens is 4.